The maximum Gasteiger partial charge on any atom is 0.172 e. The lowest BCUT2D eigenvalue weighted by atomic mass is 10.2. The number of anilines is 1. The number of hydrogen-bond acceptors (Lipinski definition) is 2. The summed E-state index contributed by atoms with van der Waals surface area (Å²) in [6, 6.07) is 16.4. The molecule has 3 rings (SSSR count). The minimum absolute atomic E-state index is 0.248. The van der Waals surface area contributed by atoms with Gasteiger partial charge in [-0.15, -0.1) is 0 Å². The minimum atomic E-state index is -0.248. The lowest BCUT2D eigenvalue weighted by molar-refractivity contribution is 0.624. The molecule has 0 saturated heterocycles. The second-order valence-electron chi connectivity index (χ2n) is 5.44. The van der Waals surface area contributed by atoms with Gasteiger partial charge in [-0.1, -0.05) is 42.5 Å². The van der Waals surface area contributed by atoms with E-state index in [-0.39, 0.29) is 5.82 Å². The van der Waals surface area contributed by atoms with Gasteiger partial charge in [-0.2, -0.15) is 5.10 Å². The molecule has 0 bridgehead atoms. The van der Waals surface area contributed by atoms with E-state index in [0.29, 0.717) is 24.0 Å². The molecule has 0 unspecified atom stereocenters. The molecule has 0 aliphatic heterocycles. The highest BCUT2D eigenvalue weighted by molar-refractivity contribution is 9.10. The topological polar surface area (TPSA) is 41.9 Å². The molecule has 1 heterocycles. The van der Waals surface area contributed by atoms with Crippen molar-refractivity contribution in [3.8, 4) is 0 Å². The van der Waals surface area contributed by atoms with Crippen LogP contribution in [0.15, 0.2) is 65.3 Å². The van der Waals surface area contributed by atoms with Gasteiger partial charge in [0.2, 0.25) is 0 Å². The molecule has 0 amide bonds. The fourth-order valence-electron chi connectivity index (χ4n) is 2.27. The highest BCUT2D eigenvalue weighted by Crippen LogP contribution is 2.20. The van der Waals surface area contributed by atoms with Crippen LogP contribution in [0.5, 0.6) is 0 Å². The quantitative estimate of drug-likeness (QED) is 0.605. The Morgan fingerprint density at radius 1 is 1.08 bits per heavy atom. The van der Waals surface area contributed by atoms with E-state index in [1.165, 1.54) is 12.1 Å². The first-order valence-corrected chi connectivity index (χ1v) is 8.86. The Hall–Kier alpha value is -2.25. The normalized spacial score (nSPS) is 10.5. The van der Waals surface area contributed by atoms with E-state index < -0.39 is 0 Å². The first kappa shape index (κ1) is 17.6. The molecule has 0 spiro atoms. The number of hydrogen-bond donors (Lipinski definition) is 2. The number of halogens is 2. The molecule has 2 N–H and O–H groups in total. The predicted molar refractivity (Wildman–Crippen MR) is 105 cm³/mol. The molecule has 0 aliphatic carbocycles. The monoisotopic (exact) mass is 418 g/mol. The summed E-state index contributed by atoms with van der Waals surface area (Å²) in [5, 5.41) is 11.2. The van der Waals surface area contributed by atoms with Crippen molar-refractivity contribution >= 4 is 39.1 Å². The molecule has 0 fully saturated rings. The van der Waals surface area contributed by atoms with Gasteiger partial charge in [-0.05, 0) is 51.4 Å². The van der Waals surface area contributed by atoms with E-state index in [0.717, 1.165) is 15.6 Å². The van der Waals surface area contributed by atoms with E-state index in [9.17, 15) is 4.39 Å². The van der Waals surface area contributed by atoms with Gasteiger partial charge >= 0.3 is 0 Å². The first-order chi connectivity index (χ1) is 12.1. The Morgan fingerprint density at radius 3 is 2.52 bits per heavy atom. The molecular formula is C18H16BrFN4S. The van der Waals surface area contributed by atoms with Crippen molar-refractivity contribution in [2.24, 2.45) is 0 Å². The fraction of sp³-hybridized carbons (Fsp3) is 0.111. The Kier molecular flexibility index (Phi) is 5.78. The van der Waals surface area contributed by atoms with Crippen LogP contribution in [-0.4, -0.2) is 14.9 Å². The van der Waals surface area contributed by atoms with Crippen LogP contribution in [0.3, 0.4) is 0 Å². The summed E-state index contributed by atoms with van der Waals surface area (Å²) in [7, 11) is 0. The summed E-state index contributed by atoms with van der Waals surface area (Å²) in [6.45, 7) is 1.19. The molecule has 4 nitrogen and oxygen atoms in total. The third-order valence-electron chi connectivity index (χ3n) is 3.50. The summed E-state index contributed by atoms with van der Waals surface area (Å²) in [6.07, 6.45) is 1.85. The van der Waals surface area contributed by atoms with Gasteiger partial charge in [-0.25, -0.2) is 4.39 Å². The van der Waals surface area contributed by atoms with Gasteiger partial charge in [0.05, 0.1) is 11.0 Å². The summed E-state index contributed by atoms with van der Waals surface area (Å²) < 4.78 is 15.5. The van der Waals surface area contributed by atoms with Crippen molar-refractivity contribution in [1.29, 1.82) is 0 Å². The summed E-state index contributed by atoms with van der Waals surface area (Å²) >= 11 is 8.79. The molecule has 1 aromatic heterocycles. The standard InChI is InChI=1S/C18H16BrFN4S/c19-16-12-24(11-14-6-8-15(20)9-7-14)23-17(16)22-18(25)21-10-13-4-2-1-3-5-13/h1-9,12H,10-11H2,(H2,21,22,23,25). The Labute approximate surface area is 159 Å². The van der Waals surface area contributed by atoms with Gasteiger partial charge in [0, 0.05) is 12.7 Å². The number of benzene rings is 2. The molecule has 128 valence electrons. The van der Waals surface area contributed by atoms with Gasteiger partial charge < -0.3 is 10.6 Å². The van der Waals surface area contributed by atoms with Crippen LogP contribution < -0.4 is 10.6 Å². The van der Waals surface area contributed by atoms with Gasteiger partial charge in [0.1, 0.15) is 5.82 Å². The van der Waals surface area contributed by atoms with Crippen molar-refractivity contribution in [2.45, 2.75) is 13.1 Å². The molecule has 7 heteroatoms. The van der Waals surface area contributed by atoms with Crippen molar-refractivity contribution < 1.29 is 4.39 Å². The maximum absolute atomic E-state index is 13.0. The number of aromatic nitrogens is 2. The van der Waals surface area contributed by atoms with Crippen molar-refractivity contribution in [3.05, 3.63) is 82.2 Å². The Morgan fingerprint density at radius 2 is 1.80 bits per heavy atom. The zero-order chi connectivity index (χ0) is 17.6. The SMILES string of the molecule is Fc1ccc(Cn2cc(Br)c(NC(=S)NCc3ccccc3)n2)cc1. The Balaban J connectivity index is 1.58. The highest BCUT2D eigenvalue weighted by Gasteiger charge is 2.08. The molecule has 0 saturated carbocycles. The van der Waals surface area contributed by atoms with E-state index in [1.807, 2.05) is 36.5 Å². The first-order valence-electron chi connectivity index (χ1n) is 7.66. The van der Waals surface area contributed by atoms with Crippen LogP contribution in [-0.2, 0) is 13.1 Å². The van der Waals surface area contributed by atoms with Crippen molar-refractivity contribution in [2.75, 3.05) is 5.32 Å². The number of rotatable bonds is 5. The maximum atomic E-state index is 13.0. The van der Waals surface area contributed by atoms with Crippen LogP contribution in [0, 0.1) is 5.82 Å². The third kappa shape index (κ3) is 5.11. The number of nitrogens with one attached hydrogen (secondary N) is 2. The summed E-state index contributed by atoms with van der Waals surface area (Å²) in [5.74, 6) is 0.385. The van der Waals surface area contributed by atoms with Gasteiger partial charge in [0.25, 0.3) is 0 Å². The summed E-state index contributed by atoms with van der Waals surface area (Å²) in [5.41, 5.74) is 2.11. The van der Waals surface area contributed by atoms with E-state index in [2.05, 4.69) is 31.7 Å². The second kappa shape index (κ2) is 8.22. The minimum Gasteiger partial charge on any atom is -0.358 e. The van der Waals surface area contributed by atoms with Crippen molar-refractivity contribution in [1.82, 2.24) is 15.1 Å². The summed E-state index contributed by atoms with van der Waals surface area (Å²) in [4.78, 5) is 0. The number of thiocarbonyl (C=S) groups is 1. The molecule has 0 radical (unpaired) electrons. The molecule has 25 heavy (non-hydrogen) atoms. The lowest BCUT2D eigenvalue weighted by Crippen LogP contribution is -2.28. The number of nitrogens with zero attached hydrogens (tertiary/aromatic N) is 2. The van der Waals surface area contributed by atoms with Crippen LogP contribution in [0.4, 0.5) is 10.2 Å². The lowest BCUT2D eigenvalue weighted by Gasteiger charge is -2.09. The molecule has 2 aromatic carbocycles. The van der Waals surface area contributed by atoms with E-state index >= 15 is 0 Å². The van der Waals surface area contributed by atoms with Crippen LogP contribution >= 0.6 is 28.1 Å². The fourth-order valence-corrected chi connectivity index (χ4v) is 2.85. The third-order valence-corrected chi connectivity index (χ3v) is 4.33. The van der Waals surface area contributed by atoms with Crippen LogP contribution in [0.1, 0.15) is 11.1 Å². The largest absolute Gasteiger partial charge is 0.358 e. The predicted octanol–water partition coefficient (Wildman–Crippen LogP) is 4.32. The van der Waals surface area contributed by atoms with Crippen molar-refractivity contribution in [3.63, 3.8) is 0 Å². The zero-order valence-electron chi connectivity index (χ0n) is 13.2. The van der Waals surface area contributed by atoms with E-state index in [4.69, 9.17) is 12.2 Å². The van der Waals surface area contributed by atoms with Gasteiger partial charge in [-0.3, -0.25) is 4.68 Å². The van der Waals surface area contributed by atoms with Crippen LogP contribution in [0.25, 0.3) is 0 Å². The van der Waals surface area contributed by atoms with E-state index in [1.54, 1.807) is 16.8 Å². The molecular weight excluding hydrogens is 403 g/mol. The molecule has 0 atom stereocenters. The Bertz CT molecular complexity index is 849. The van der Waals surface area contributed by atoms with Gasteiger partial charge in [0.15, 0.2) is 10.9 Å². The molecule has 0 aliphatic rings. The zero-order valence-corrected chi connectivity index (χ0v) is 15.6. The van der Waals surface area contributed by atoms with Crippen LogP contribution in [0.2, 0.25) is 0 Å². The smallest absolute Gasteiger partial charge is 0.172 e. The molecule has 3 aromatic rings. The second-order valence-corrected chi connectivity index (χ2v) is 6.71. The average Bonchev–Trinajstić information content (AvgIpc) is 2.95. The average molecular weight is 419 g/mol. The highest BCUT2D eigenvalue weighted by atomic mass is 79.9.